The van der Waals surface area contributed by atoms with Crippen LogP contribution >= 0.6 is 12.2 Å². The lowest BCUT2D eigenvalue weighted by molar-refractivity contribution is 0.415. The summed E-state index contributed by atoms with van der Waals surface area (Å²) in [5, 5.41) is 12.0. The molecule has 2 rings (SSSR count). The van der Waals surface area contributed by atoms with Gasteiger partial charge in [-0.3, -0.25) is 4.68 Å². The van der Waals surface area contributed by atoms with Gasteiger partial charge >= 0.3 is 0 Å². The van der Waals surface area contributed by atoms with Crippen LogP contribution in [-0.2, 0) is 6.54 Å². The predicted molar refractivity (Wildman–Crippen MR) is 83.6 cm³/mol. The first-order valence-electron chi connectivity index (χ1n) is 7.23. The molecule has 0 saturated heterocycles. The third-order valence-corrected chi connectivity index (χ3v) is 4.08. The largest absolute Gasteiger partial charge is 0.360 e. The summed E-state index contributed by atoms with van der Waals surface area (Å²) in [7, 11) is 0. The Hall–Kier alpha value is -1.10. The molecule has 1 heterocycles. The van der Waals surface area contributed by atoms with Crippen LogP contribution in [0.5, 0.6) is 0 Å². The highest BCUT2D eigenvalue weighted by Gasteiger charge is 2.16. The predicted octanol–water partition coefficient (Wildman–Crippen LogP) is 3.14. The highest BCUT2D eigenvalue weighted by molar-refractivity contribution is 7.80. The maximum absolute atomic E-state index is 5.42. The van der Waals surface area contributed by atoms with Gasteiger partial charge < -0.3 is 10.6 Å². The molecule has 0 bridgehead atoms. The zero-order chi connectivity index (χ0) is 13.8. The van der Waals surface area contributed by atoms with Crippen molar-refractivity contribution in [2.24, 2.45) is 0 Å². The van der Waals surface area contributed by atoms with Crippen LogP contribution in [0, 0.1) is 13.8 Å². The Balaban J connectivity index is 1.96. The van der Waals surface area contributed by atoms with Gasteiger partial charge in [0.25, 0.3) is 0 Å². The van der Waals surface area contributed by atoms with Crippen LogP contribution in [0.2, 0.25) is 0 Å². The molecule has 1 aromatic rings. The van der Waals surface area contributed by atoms with E-state index < -0.39 is 0 Å². The van der Waals surface area contributed by atoms with E-state index in [-0.39, 0.29) is 0 Å². The van der Waals surface area contributed by atoms with Crippen molar-refractivity contribution in [1.82, 2.24) is 15.1 Å². The molecule has 0 aliphatic heterocycles. The summed E-state index contributed by atoms with van der Waals surface area (Å²) in [5.41, 5.74) is 3.20. The highest BCUT2D eigenvalue weighted by atomic mass is 32.1. The maximum Gasteiger partial charge on any atom is 0.171 e. The van der Waals surface area contributed by atoms with Crippen LogP contribution in [0.15, 0.2) is 0 Å². The molecule has 1 aliphatic rings. The van der Waals surface area contributed by atoms with E-state index in [1.165, 1.54) is 32.1 Å². The molecule has 4 nitrogen and oxygen atoms in total. The van der Waals surface area contributed by atoms with Gasteiger partial charge in [0, 0.05) is 12.6 Å². The minimum absolute atomic E-state index is 0.538. The molecule has 5 heteroatoms. The Bertz CT molecular complexity index is 447. The number of nitrogens with one attached hydrogen (secondary N) is 2. The fourth-order valence-corrected chi connectivity index (χ4v) is 3.04. The summed E-state index contributed by atoms with van der Waals surface area (Å²) in [5.74, 6) is 0. The number of thiocarbonyl (C=S) groups is 1. The molecule has 1 aromatic heterocycles. The van der Waals surface area contributed by atoms with E-state index >= 15 is 0 Å². The molecule has 0 amide bonds. The summed E-state index contributed by atoms with van der Waals surface area (Å²) in [6, 6.07) is 0.538. The number of aromatic nitrogens is 2. The zero-order valence-electron chi connectivity index (χ0n) is 12.1. The first-order valence-corrected chi connectivity index (χ1v) is 7.64. The van der Waals surface area contributed by atoms with E-state index in [9.17, 15) is 0 Å². The van der Waals surface area contributed by atoms with Crippen molar-refractivity contribution in [2.75, 3.05) is 5.32 Å². The van der Waals surface area contributed by atoms with Crippen molar-refractivity contribution < 1.29 is 0 Å². The van der Waals surface area contributed by atoms with Gasteiger partial charge in [0.15, 0.2) is 5.11 Å². The number of rotatable bonds is 3. The van der Waals surface area contributed by atoms with Crippen LogP contribution in [0.3, 0.4) is 0 Å². The smallest absolute Gasteiger partial charge is 0.171 e. The molecule has 0 spiro atoms. The SMILES string of the molecule is CCn1nc(C)c(NC(=S)NC2CCCCC2)c1C. The lowest BCUT2D eigenvalue weighted by Crippen LogP contribution is -2.39. The molecule has 0 atom stereocenters. The van der Waals surface area contributed by atoms with Crippen molar-refractivity contribution in [3.63, 3.8) is 0 Å². The first-order chi connectivity index (χ1) is 9.11. The van der Waals surface area contributed by atoms with Crippen molar-refractivity contribution in [3.05, 3.63) is 11.4 Å². The highest BCUT2D eigenvalue weighted by Crippen LogP contribution is 2.20. The maximum atomic E-state index is 5.42. The van der Waals surface area contributed by atoms with Crippen LogP contribution in [-0.4, -0.2) is 20.9 Å². The lowest BCUT2D eigenvalue weighted by Gasteiger charge is -2.24. The third kappa shape index (κ3) is 3.47. The van der Waals surface area contributed by atoms with E-state index in [0.717, 1.165) is 28.7 Å². The topological polar surface area (TPSA) is 41.9 Å². The van der Waals surface area contributed by atoms with Gasteiger partial charge in [-0.2, -0.15) is 5.10 Å². The van der Waals surface area contributed by atoms with Crippen LogP contribution < -0.4 is 10.6 Å². The van der Waals surface area contributed by atoms with Gasteiger partial charge in [-0.05, 0) is 45.8 Å². The van der Waals surface area contributed by atoms with E-state index in [1.807, 2.05) is 11.6 Å². The molecule has 1 aliphatic carbocycles. The molecule has 0 aromatic carbocycles. The summed E-state index contributed by atoms with van der Waals surface area (Å²) in [6.45, 7) is 7.08. The van der Waals surface area contributed by atoms with E-state index in [0.29, 0.717) is 6.04 Å². The Labute approximate surface area is 121 Å². The minimum Gasteiger partial charge on any atom is -0.360 e. The van der Waals surface area contributed by atoms with Gasteiger partial charge in [0.05, 0.1) is 17.1 Å². The second-order valence-corrected chi connectivity index (χ2v) is 5.70. The second kappa shape index (κ2) is 6.37. The quantitative estimate of drug-likeness (QED) is 0.835. The van der Waals surface area contributed by atoms with Crippen molar-refractivity contribution in [1.29, 1.82) is 0 Å². The summed E-state index contributed by atoms with van der Waals surface area (Å²) in [6.07, 6.45) is 6.44. The summed E-state index contributed by atoms with van der Waals surface area (Å²) in [4.78, 5) is 0. The molecule has 1 saturated carbocycles. The van der Waals surface area contributed by atoms with Crippen LogP contribution in [0.25, 0.3) is 0 Å². The van der Waals surface area contributed by atoms with E-state index in [1.54, 1.807) is 0 Å². The van der Waals surface area contributed by atoms with Gasteiger partial charge in [-0.25, -0.2) is 0 Å². The fraction of sp³-hybridized carbons (Fsp3) is 0.714. The molecule has 19 heavy (non-hydrogen) atoms. The average molecular weight is 280 g/mol. The number of aryl methyl sites for hydroxylation is 2. The van der Waals surface area contributed by atoms with Crippen molar-refractivity contribution >= 4 is 23.0 Å². The standard InChI is InChI=1S/C14H24N4S/c1-4-18-11(3)13(10(2)17-18)16-14(19)15-12-8-6-5-7-9-12/h12H,4-9H2,1-3H3,(H2,15,16,19). The number of nitrogens with zero attached hydrogens (tertiary/aromatic N) is 2. The number of hydrogen-bond donors (Lipinski definition) is 2. The lowest BCUT2D eigenvalue weighted by atomic mass is 9.96. The van der Waals surface area contributed by atoms with Gasteiger partial charge in [0.2, 0.25) is 0 Å². The molecular formula is C14H24N4S. The Morgan fingerprint density at radius 3 is 2.58 bits per heavy atom. The monoisotopic (exact) mass is 280 g/mol. The Kier molecular flexibility index (Phi) is 4.80. The van der Waals surface area contributed by atoms with Gasteiger partial charge in [-0.15, -0.1) is 0 Å². The molecule has 0 radical (unpaired) electrons. The zero-order valence-corrected chi connectivity index (χ0v) is 12.9. The van der Waals surface area contributed by atoms with Crippen LogP contribution in [0.4, 0.5) is 5.69 Å². The first kappa shape index (κ1) is 14.3. The minimum atomic E-state index is 0.538. The average Bonchev–Trinajstić information content (AvgIpc) is 2.67. The summed E-state index contributed by atoms with van der Waals surface area (Å²) >= 11 is 5.42. The molecular weight excluding hydrogens is 256 g/mol. The van der Waals surface area contributed by atoms with E-state index in [2.05, 4.69) is 29.6 Å². The number of hydrogen-bond acceptors (Lipinski definition) is 2. The molecule has 1 fully saturated rings. The van der Waals surface area contributed by atoms with Crippen LogP contribution in [0.1, 0.15) is 50.4 Å². The second-order valence-electron chi connectivity index (χ2n) is 5.29. The summed E-state index contributed by atoms with van der Waals surface area (Å²) < 4.78 is 2.00. The van der Waals surface area contributed by atoms with Gasteiger partial charge in [-0.1, -0.05) is 19.3 Å². The molecule has 2 N–H and O–H groups in total. The third-order valence-electron chi connectivity index (χ3n) is 3.86. The van der Waals surface area contributed by atoms with E-state index in [4.69, 9.17) is 12.2 Å². The Morgan fingerprint density at radius 1 is 1.32 bits per heavy atom. The van der Waals surface area contributed by atoms with Crippen molar-refractivity contribution in [3.8, 4) is 0 Å². The fourth-order valence-electron chi connectivity index (χ4n) is 2.77. The normalized spacial score (nSPS) is 16.4. The molecule has 106 valence electrons. The Morgan fingerprint density at radius 2 is 2.00 bits per heavy atom. The van der Waals surface area contributed by atoms with Crippen molar-refractivity contribution in [2.45, 2.75) is 65.5 Å². The van der Waals surface area contributed by atoms with Gasteiger partial charge in [0.1, 0.15) is 0 Å². The molecule has 0 unspecified atom stereocenters. The number of anilines is 1.